The van der Waals surface area contributed by atoms with E-state index in [9.17, 15) is 44.9 Å². The summed E-state index contributed by atoms with van der Waals surface area (Å²) in [6.45, 7) is 3.85. The molecule has 1 saturated carbocycles. The quantitative estimate of drug-likeness (QED) is 0.0166. The van der Waals surface area contributed by atoms with Crippen molar-refractivity contribution in [2.45, 2.75) is 268 Å². The standard InChI is InChI=1S/C46H90NO11P/c1-3-5-7-9-11-13-15-17-19-20-22-23-25-27-29-31-33-35-39(48)38(37-57-59(55,56)58-46-44(53)42(51)41(50)43(52)45(46)54)47-40(49)36-34-32-30-28-26-24-21-18-16-14-12-10-8-6-4-2/h33,35,38-39,41-46,48,50-54H,3-32,34,36-37H2,1-2H3,(H,47,49)(H,55,56)/b35-33+/t38-,39+,41?,42+,43?,44?,45?,46?/m0/s1. The first-order valence-corrected chi connectivity index (χ1v) is 25.6. The number of hydrogen-bond acceptors (Lipinski definition) is 10. The van der Waals surface area contributed by atoms with Gasteiger partial charge in [-0.15, -0.1) is 0 Å². The average Bonchev–Trinajstić information content (AvgIpc) is 3.22. The van der Waals surface area contributed by atoms with Crippen LogP contribution in [0.4, 0.5) is 0 Å². The summed E-state index contributed by atoms with van der Waals surface area (Å²) in [5.41, 5.74) is 0. The van der Waals surface area contributed by atoms with E-state index in [4.69, 9.17) is 9.05 Å². The van der Waals surface area contributed by atoms with Crippen LogP contribution in [0.15, 0.2) is 12.2 Å². The van der Waals surface area contributed by atoms with E-state index in [0.717, 1.165) is 44.9 Å². The Labute approximate surface area is 359 Å². The monoisotopic (exact) mass is 864 g/mol. The molecule has 350 valence electrons. The van der Waals surface area contributed by atoms with E-state index < -0.39 is 63.2 Å². The molecule has 0 aliphatic heterocycles. The van der Waals surface area contributed by atoms with Crippen molar-refractivity contribution < 1.29 is 53.9 Å². The molecule has 0 aromatic rings. The zero-order chi connectivity index (χ0) is 43.6. The van der Waals surface area contributed by atoms with Gasteiger partial charge < -0.3 is 40.8 Å². The SMILES string of the molecule is CCCCCCCCCCCCCCCCC/C=C/[C@@H](O)[C@H](COP(=O)(O)OC1C(O)C(O)C(O)[C@@H](O)C1O)NC(=O)CCCCCCCCCCCCCCCCC. The fraction of sp³-hybridized carbons (Fsp3) is 0.935. The second kappa shape index (κ2) is 36.6. The van der Waals surface area contributed by atoms with Gasteiger partial charge in [0, 0.05) is 6.42 Å². The number of phosphoric acid groups is 1. The second-order valence-electron chi connectivity index (χ2n) is 17.3. The molecule has 9 atom stereocenters. The number of carbonyl (C=O) groups excluding carboxylic acids is 1. The minimum atomic E-state index is -5.07. The minimum absolute atomic E-state index is 0.218. The molecule has 8 N–H and O–H groups in total. The van der Waals surface area contributed by atoms with Crippen LogP contribution in [0.25, 0.3) is 0 Å². The first kappa shape index (κ1) is 56.1. The van der Waals surface area contributed by atoms with Crippen LogP contribution in [-0.4, -0.2) is 96.8 Å². The normalized spacial score (nSPS) is 23.1. The molecular formula is C46H90NO11P. The zero-order valence-corrected chi connectivity index (χ0v) is 38.2. The molecule has 0 heterocycles. The summed E-state index contributed by atoms with van der Waals surface area (Å²) in [5.74, 6) is -0.338. The van der Waals surface area contributed by atoms with Gasteiger partial charge in [0.15, 0.2) is 0 Å². The van der Waals surface area contributed by atoms with Gasteiger partial charge in [-0.1, -0.05) is 206 Å². The minimum Gasteiger partial charge on any atom is -0.387 e. The Hall–Kier alpha value is -0.920. The average molecular weight is 864 g/mol. The number of amides is 1. The maximum atomic E-state index is 12.9. The molecule has 1 aliphatic carbocycles. The van der Waals surface area contributed by atoms with E-state index in [0.29, 0.717) is 6.42 Å². The first-order valence-electron chi connectivity index (χ1n) is 24.1. The molecule has 13 heteroatoms. The number of aliphatic hydroxyl groups excluding tert-OH is 6. The van der Waals surface area contributed by atoms with Crippen LogP contribution in [0.2, 0.25) is 0 Å². The molecule has 6 unspecified atom stereocenters. The Balaban J connectivity index is 2.48. The Bertz CT molecular complexity index is 1050. The molecule has 0 aromatic carbocycles. The number of rotatable bonds is 40. The van der Waals surface area contributed by atoms with E-state index in [-0.39, 0.29) is 12.3 Å². The third kappa shape index (κ3) is 28.4. The summed E-state index contributed by atoms with van der Waals surface area (Å²) in [4.78, 5) is 23.4. The molecule has 1 amide bonds. The van der Waals surface area contributed by atoms with E-state index in [1.165, 1.54) is 154 Å². The highest BCUT2D eigenvalue weighted by Crippen LogP contribution is 2.47. The Kier molecular flexibility index (Phi) is 34.8. The largest absolute Gasteiger partial charge is 0.472 e. The van der Waals surface area contributed by atoms with Gasteiger partial charge in [-0.2, -0.15) is 0 Å². The lowest BCUT2D eigenvalue weighted by molar-refractivity contribution is -0.220. The van der Waals surface area contributed by atoms with Crippen LogP contribution in [0, 0.1) is 0 Å². The third-order valence-electron chi connectivity index (χ3n) is 11.8. The zero-order valence-electron chi connectivity index (χ0n) is 37.3. The van der Waals surface area contributed by atoms with Crippen LogP contribution < -0.4 is 5.32 Å². The Morgan fingerprint density at radius 3 is 1.29 bits per heavy atom. The van der Waals surface area contributed by atoms with Crippen molar-refractivity contribution in [2.75, 3.05) is 6.61 Å². The van der Waals surface area contributed by atoms with Gasteiger partial charge in [0.1, 0.15) is 36.6 Å². The molecule has 0 spiro atoms. The van der Waals surface area contributed by atoms with Gasteiger partial charge in [0.05, 0.1) is 18.8 Å². The fourth-order valence-electron chi connectivity index (χ4n) is 7.84. The molecule has 0 aromatic heterocycles. The molecule has 1 fully saturated rings. The van der Waals surface area contributed by atoms with Crippen molar-refractivity contribution in [3.63, 3.8) is 0 Å². The summed E-state index contributed by atoms with van der Waals surface area (Å²) in [5, 5.41) is 64.0. The van der Waals surface area contributed by atoms with Gasteiger partial charge in [-0.3, -0.25) is 13.8 Å². The van der Waals surface area contributed by atoms with E-state index in [2.05, 4.69) is 19.2 Å². The Morgan fingerprint density at radius 1 is 0.559 bits per heavy atom. The highest BCUT2D eigenvalue weighted by Gasteiger charge is 2.51. The summed E-state index contributed by atoms with van der Waals surface area (Å²) >= 11 is 0. The lowest BCUT2D eigenvalue weighted by Gasteiger charge is -2.41. The summed E-state index contributed by atoms with van der Waals surface area (Å²) in [6, 6.07) is -1.11. The maximum absolute atomic E-state index is 12.9. The Morgan fingerprint density at radius 2 is 0.898 bits per heavy atom. The highest BCUT2D eigenvalue weighted by atomic mass is 31.2. The van der Waals surface area contributed by atoms with Crippen molar-refractivity contribution in [2.24, 2.45) is 0 Å². The van der Waals surface area contributed by atoms with Crippen molar-refractivity contribution in [3.05, 3.63) is 12.2 Å². The highest BCUT2D eigenvalue weighted by molar-refractivity contribution is 7.47. The third-order valence-corrected chi connectivity index (χ3v) is 12.8. The predicted octanol–water partition coefficient (Wildman–Crippen LogP) is 9.23. The second-order valence-corrected chi connectivity index (χ2v) is 18.7. The first-order chi connectivity index (χ1) is 28.4. The molecule has 59 heavy (non-hydrogen) atoms. The summed E-state index contributed by atoms with van der Waals surface area (Å²) < 4.78 is 22.9. The molecule has 1 aliphatic rings. The summed E-state index contributed by atoms with van der Waals surface area (Å²) in [6.07, 6.45) is 28.5. The number of phosphoric ester groups is 1. The van der Waals surface area contributed by atoms with E-state index >= 15 is 0 Å². The van der Waals surface area contributed by atoms with Crippen LogP contribution in [0.1, 0.15) is 219 Å². The van der Waals surface area contributed by atoms with Gasteiger partial charge in [0.2, 0.25) is 5.91 Å². The van der Waals surface area contributed by atoms with Crippen molar-refractivity contribution in [3.8, 4) is 0 Å². The molecule has 0 radical (unpaired) electrons. The van der Waals surface area contributed by atoms with Crippen molar-refractivity contribution in [1.29, 1.82) is 0 Å². The van der Waals surface area contributed by atoms with Crippen LogP contribution in [0.3, 0.4) is 0 Å². The van der Waals surface area contributed by atoms with Crippen LogP contribution in [0.5, 0.6) is 0 Å². The van der Waals surface area contributed by atoms with Gasteiger partial charge >= 0.3 is 7.82 Å². The number of carbonyl (C=O) groups is 1. The van der Waals surface area contributed by atoms with Crippen molar-refractivity contribution in [1.82, 2.24) is 5.32 Å². The molecule has 0 bridgehead atoms. The maximum Gasteiger partial charge on any atom is 0.472 e. The molecule has 0 saturated heterocycles. The number of allylic oxidation sites excluding steroid dienone is 1. The fourth-order valence-corrected chi connectivity index (χ4v) is 8.81. The number of hydrogen-bond donors (Lipinski definition) is 8. The van der Waals surface area contributed by atoms with Gasteiger partial charge in [-0.05, 0) is 19.3 Å². The molecular weight excluding hydrogens is 773 g/mol. The van der Waals surface area contributed by atoms with Crippen LogP contribution in [-0.2, 0) is 18.4 Å². The summed E-state index contributed by atoms with van der Waals surface area (Å²) in [7, 11) is -5.07. The predicted molar refractivity (Wildman–Crippen MR) is 237 cm³/mol. The number of nitrogens with one attached hydrogen (secondary N) is 1. The lowest BCUT2D eigenvalue weighted by atomic mass is 9.85. The van der Waals surface area contributed by atoms with Gasteiger partial charge in [0.25, 0.3) is 0 Å². The molecule has 12 nitrogen and oxygen atoms in total. The smallest absolute Gasteiger partial charge is 0.387 e. The van der Waals surface area contributed by atoms with E-state index in [1.807, 2.05) is 6.08 Å². The number of aliphatic hydroxyl groups is 6. The molecule has 1 rings (SSSR count). The lowest BCUT2D eigenvalue weighted by Crippen LogP contribution is -2.64. The van der Waals surface area contributed by atoms with Gasteiger partial charge in [-0.25, -0.2) is 4.57 Å². The van der Waals surface area contributed by atoms with E-state index in [1.54, 1.807) is 0 Å². The van der Waals surface area contributed by atoms with Crippen molar-refractivity contribution >= 4 is 13.7 Å². The topological polar surface area (TPSA) is 206 Å². The number of unbranched alkanes of at least 4 members (excludes halogenated alkanes) is 29. The van der Waals surface area contributed by atoms with Crippen LogP contribution >= 0.6 is 7.82 Å².